The van der Waals surface area contributed by atoms with Crippen LogP contribution in [0.1, 0.15) is 35.2 Å². The number of alkyl halides is 6. The van der Waals surface area contributed by atoms with Crippen molar-refractivity contribution in [3.05, 3.63) is 35.4 Å². The highest BCUT2D eigenvalue weighted by Gasteiger charge is 2.40. The van der Waals surface area contributed by atoms with Crippen LogP contribution in [0.3, 0.4) is 0 Å². The Morgan fingerprint density at radius 1 is 0.769 bits per heavy atom. The molecular formula is C25H33F6N3O5. The van der Waals surface area contributed by atoms with Crippen LogP contribution in [-0.4, -0.2) is 107 Å². The molecule has 0 spiro atoms. The summed E-state index contributed by atoms with van der Waals surface area (Å²) >= 11 is 0. The molecule has 2 atom stereocenters. The number of carboxylic acids is 2. The Balaban J connectivity index is 0.000000317. The van der Waals surface area contributed by atoms with E-state index < -0.39 is 24.3 Å². The van der Waals surface area contributed by atoms with Gasteiger partial charge in [0.1, 0.15) is 0 Å². The maximum Gasteiger partial charge on any atom is 0.490 e. The number of halogens is 6. The predicted octanol–water partition coefficient (Wildman–Crippen LogP) is 3.75. The van der Waals surface area contributed by atoms with Crippen molar-refractivity contribution in [3.8, 4) is 0 Å². The van der Waals surface area contributed by atoms with E-state index in [0.29, 0.717) is 11.8 Å². The van der Waals surface area contributed by atoms with Gasteiger partial charge >= 0.3 is 24.3 Å². The molecule has 0 bridgehead atoms. The van der Waals surface area contributed by atoms with Gasteiger partial charge in [-0.15, -0.1) is 0 Å². The summed E-state index contributed by atoms with van der Waals surface area (Å²) in [7, 11) is 0. The zero-order chi connectivity index (χ0) is 29.4. The average Bonchev–Trinajstić information content (AvgIpc) is 3.52. The summed E-state index contributed by atoms with van der Waals surface area (Å²) in [5.74, 6) is -3.92. The normalized spacial score (nSPS) is 21.8. The fourth-order valence-corrected chi connectivity index (χ4v) is 4.78. The first-order valence-electron chi connectivity index (χ1n) is 12.5. The minimum Gasteiger partial charge on any atom is -0.475 e. The van der Waals surface area contributed by atoms with Gasteiger partial charge in [-0.2, -0.15) is 26.3 Å². The summed E-state index contributed by atoms with van der Waals surface area (Å²) in [5, 5.41) is 14.2. The lowest BCUT2D eigenvalue weighted by Crippen LogP contribution is -2.43. The van der Waals surface area contributed by atoms with E-state index in [1.807, 2.05) is 24.3 Å². The minimum absolute atomic E-state index is 0.220. The van der Waals surface area contributed by atoms with Crippen molar-refractivity contribution < 1.29 is 50.9 Å². The quantitative estimate of drug-likeness (QED) is 0.533. The maximum absolute atomic E-state index is 12.8. The number of fused-ring (bicyclic) bond motifs is 1. The summed E-state index contributed by atoms with van der Waals surface area (Å²) in [4.78, 5) is 37.9. The first kappa shape index (κ1) is 32.3. The number of aliphatic carboxylic acids is 2. The van der Waals surface area contributed by atoms with Crippen molar-refractivity contribution >= 4 is 17.8 Å². The zero-order valence-electron chi connectivity index (χ0n) is 21.5. The summed E-state index contributed by atoms with van der Waals surface area (Å²) in [6.45, 7) is 11.4. The first-order chi connectivity index (χ1) is 18.1. The molecule has 3 fully saturated rings. The standard InChI is InChI=1S/C21H31N3O.2C2HF3O2/c1-17-4-6-18(7-5-17)21(25)24-15-19-8-11-23(14-20(19)16-24)13-12-22-9-2-3-10-22;2*3-2(4,5)1(6)7/h4-7,19-20H,2-3,8-16H2,1H3;2*(H,6,7)/t19-,20+;;/m0../s1. The van der Waals surface area contributed by atoms with Gasteiger partial charge < -0.3 is 24.9 Å². The molecule has 2 N–H and O–H groups in total. The Morgan fingerprint density at radius 2 is 1.23 bits per heavy atom. The van der Waals surface area contributed by atoms with E-state index in [4.69, 9.17) is 19.8 Å². The maximum atomic E-state index is 12.8. The lowest BCUT2D eigenvalue weighted by molar-refractivity contribution is -0.193. The van der Waals surface area contributed by atoms with Crippen LogP contribution in [0.4, 0.5) is 26.3 Å². The second kappa shape index (κ2) is 14.0. The third-order valence-corrected chi connectivity index (χ3v) is 6.89. The van der Waals surface area contributed by atoms with Crippen LogP contribution >= 0.6 is 0 Å². The number of hydrogen-bond acceptors (Lipinski definition) is 5. The molecule has 39 heavy (non-hydrogen) atoms. The van der Waals surface area contributed by atoms with E-state index >= 15 is 0 Å². The van der Waals surface area contributed by atoms with Crippen molar-refractivity contribution in [1.82, 2.24) is 14.7 Å². The zero-order valence-corrected chi connectivity index (χ0v) is 21.5. The van der Waals surface area contributed by atoms with Gasteiger partial charge in [0, 0.05) is 38.3 Å². The Bertz CT molecular complexity index is 940. The Hall–Kier alpha value is -2.87. The van der Waals surface area contributed by atoms with E-state index in [1.165, 1.54) is 64.1 Å². The van der Waals surface area contributed by atoms with Crippen LogP contribution < -0.4 is 0 Å². The molecule has 1 amide bonds. The highest BCUT2D eigenvalue weighted by Crippen LogP contribution is 2.32. The van der Waals surface area contributed by atoms with E-state index in [-0.39, 0.29) is 5.91 Å². The van der Waals surface area contributed by atoms with E-state index in [9.17, 15) is 31.1 Å². The second-order valence-electron chi connectivity index (χ2n) is 9.84. The highest BCUT2D eigenvalue weighted by atomic mass is 19.4. The molecule has 1 aromatic carbocycles. The molecule has 0 aromatic heterocycles. The minimum atomic E-state index is -5.08. The molecule has 8 nitrogen and oxygen atoms in total. The van der Waals surface area contributed by atoms with Gasteiger partial charge in [-0.25, -0.2) is 9.59 Å². The molecular weight excluding hydrogens is 536 g/mol. The average molecular weight is 570 g/mol. The number of carbonyl (C=O) groups excluding carboxylic acids is 1. The molecule has 0 unspecified atom stereocenters. The van der Waals surface area contributed by atoms with Gasteiger partial charge in [0.25, 0.3) is 5.91 Å². The number of rotatable bonds is 4. The van der Waals surface area contributed by atoms with Gasteiger partial charge in [-0.05, 0) is 69.8 Å². The molecule has 220 valence electrons. The van der Waals surface area contributed by atoms with Crippen LogP contribution in [0.2, 0.25) is 0 Å². The molecule has 4 rings (SSSR count). The third kappa shape index (κ3) is 10.7. The third-order valence-electron chi connectivity index (χ3n) is 6.89. The smallest absolute Gasteiger partial charge is 0.475 e. The van der Waals surface area contributed by atoms with Gasteiger partial charge in [-0.1, -0.05) is 17.7 Å². The van der Waals surface area contributed by atoms with Crippen LogP contribution in [0.25, 0.3) is 0 Å². The Morgan fingerprint density at radius 3 is 1.72 bits per heavy atom. The van der Waals surface area contributed by atoms with Gasteiger partial charge in [0.2, 0.25) is 0 Å². The number of likely N-dealkylation sites (tertiary alicyclic amines) is 3. The van der Waals surface area contributed by atoms with Crippen LogP contribution in [0, 0.1) is 18.8 Å². The number of benzene rings is 1. The number of piperidine rings is 1. The summed E-state index contributed by atoms with van der Waals surface area (Å²) in [6.07, 6.45) is -6.16. The molecule has 0 saturated carbocycles. The van der Waals surface area contributed by atoms with Gasteiger partial charge in [-0.3, -0.25) is 4.79 Å². The second-order valence-corrected chi connectivity index (χ2v) is 9.84. The largest absolute Gasteiger partial charge is 0.490 e. The van der Waals surface area contributed by atoms with E-state index in [0.717, 1.165) is 18.7 Å². The van der Waals surface area contributed by atoms with Crippen molar-refractivity contribution in [1.29, 1.82) is 0 Å². The molecule has 0 radical (unpaired) electrons. The molecule has 3 aliphatic rings. The molecule has 3 aliphatic heterocycles. The molecule has 1 aromatic rings. The molecule has 14 heteroatoms. The lowest BCUT2D eigenvalue weighted by Gasteiger charge is -2.35. The van der Waals surface area contributed by atoms with Gasteiger partial charge in [0.15, 0.2) is 0 Å². The van der Waals surface area contributed by atoms with Crippen LogP contribution in [0.5, 0.6) is 0 Å². The fraction of sp³-hybridized carbons (Fsp3) is 0.640. The van der Waals surface area contributed by atoms with Crippen molar-refractivity contribution in [2.45, 2.75) is 38.5 Å². The topological polar surface area (TPSA) is 101 Å². The van der Waals surface area contributed by atoms with Crippen molar-refractivity contribution in [2.24, 2.45) is 11.8 Å². The SMILES string of the molecule is Cc1ccc(C(=O)N2C[C@H]3CN(CCN4CCCC4)CC[C@H]3C2)cc1.O=C(O)C(F)(F)F.O=C(O)C(F)(F)F. The fourth-order valence-electron chi connectivity index (χ4n) is 4.78. The van der Waals surface area contributed by atoms with Crippen molar-refractivity contribution in [3.63, 3.8) is 0 Å². The molecule has 0 aliphatic carbocycles. The summed E-state index contributed by atoms with van der Waals surface area (Å²) < 4.78 is 63.5. The molecule has 3 saturated heterocycles. The summed E-state index contributed by atoms with van der Waals surface area (Å²) in [6, 6.07) is 8.02. The summed E-state index contributed by atoms with van der Waals surface area (Å²) in [5.41, 5.74) is 2.05. The van der Waals surface area contributed by atoms with Crippen LogP contribution in [-0.2, 0) is 9.59 Å². The number of hydrogen-bond donors (Lipinski definition) is 2. The highest BCUT2D eigenvalue weighted by molar-refractivity contribution is 5.94. The monoisotopic (exact) mass is 569 g/mol. The van der Waals surface area contributed by atoms with E-state index in [2.05, 4.69) is 21.6 Å². The Labute approximate surface area is 222 Å². The predicted molar refractivity (Wildman–Crippen MR) is 128 cm³/mol. The number of aryl methyl sites for hydroxylation is 1. The van der Waals surface area contributed by atoms with Crippen LogP contribution in [0.15, 0.2) is 24.3 Å². The molecule has 3 heterocycles. The number of carbonyl (C=O) groups is 3. The van der Waals surface area contributed by atoms with E-state index in [1.54, 1.807) is 0 Å². The number of nitrogens with zero attached hydrogens (tertiary/aromatic N) is 3. The lowest BCUT2D eigenvalue weighted by atomic mass is 9.89. The van der Waals surface area contributed by atoms with Crippen molar-refractivity contribution in [2.75, 3.05) is 52.4 Å². The number of amides is 1. The Kier molecular flexibility index (Phi) is 11.6. The van der Waals surface area contributed by atoms with Gasteiger partial charge in [0.05, 0.1) is 0 Å². The first-order valence-corrected chi connectivity index (χ1v) is 12.5. The number of carboxylic acid groups (broad SMARTS) is 2.